The van der Waals surface area contributed by atoms with E-state index in [4.69, 9.17) is 0 Å². The van der Waals surface area contributed by atoms with Crippen molar-refractivity contribution in [3.63, 3.8) is 0 Å². The normalized spacial score (nSPS) is 23.8. The van der Waals surface area contributed by atoms with Crippen LogP contribution in [0.4, 0.5) is 5.69 Å². The molecule has 1 spiro atoms. The number of piperazine rings is 1. The Balaban J connectivity index is 1.59. The van der Waals surface area contributed by atoms with Gasteiger partial charge in [-0.25, -0.2) is 0 Å². The number of amides is 2. The van der Waals surface area contributed by atoms with Gasteiger partial charge in [0, 0.05) is 37.6 Å². The highest BCUT2D eigenvalue weighted by Crippen LogP contribution is 2.35. The molecule has 1 unspecified atom stereocenters. The van der Waals surface area contributed by atoms with Gasteiger partial charge < -0.3 is 9.80 Å². The van der Waals surface area contributed by atoms with E-state index in [2.05, 4.69) is 27.4 Å². The molecule has 0 radical (unpaired) electrons. The number of aromatic nitrogens is 1. The minimum Gasteiger partial charge on any atom is -0.325 e. The Hall–Kier alpha value is -2.25. The maximum absolute atomic E-state index is 12.7. The average molecular weight is 370 g/mol. The third-order valence-electron chi connectivity index (χ3n) is 5.33. The summed E-state index contributed by atoms with van der Waals surface area (Å²) in [4.78, 5) is 36.4. The second-order valence-electron chi connectivity index (χ2n) is 7.06. The van der Waals surface area contributed by atoms with Crippen LogP contribution >= 0.6 is 11.3 Å². The van der Waals surface area contributed by atoms with E-state index in [0.29, 0.717) is 6.54 Å². The maximum Gasteiger partial charge on any atom is 0.246 e. The monoisotopic (exact) mass is 370 g/mol. The van der Waals surface area contributed by atoms with E-state index in [1.807, 2.05) is 12.1 Å². The summed E-state index contributed by atoms with van der Waals surface area (Å²) in [6.07, 6.45) is 4.29. The molecule has 2 aromatic heterocycles. The fraction of sp³-hybridized carbons (Fsp3) is 0.421. The van der Waals surface area contributed by atoms with Gasteiger partial charge in [-0.05, 0) is 30.0 Å². The van der Waals surface area contributed by atoms with Gasteiger partial charge in [-0.3, -0.25) is 19.5 Å². The largest absolute Gasteiger partial charge is 0.325 e. The molecular weight excluding hydrogens is 348 g/mol. The van der Waals surface area contributed by atoms with E-state index in [0.717, 1.165) is 31.7 Å². The number of carbonyl (C=O) groups excluding carboxylic acids is 2. The standard InChI is InChI=1S/C19H22N4O2S/c1-15(24)23-12-18(25)22(16-4-2-7-20-10-16)14-19(23)6-8-21(13-19)11-17-5-3-9-26-17/h2-5,7,9-10H,6,8,11-14H2,1H3. The van der Waals surface area contributed by atoms with Crippen molar-refractivity contribution >= 4 is 28.8 Å². The summed E-state index contributed by atoms with van der Waals surface area (Å²) in [6.45, 7) is 4.84. The fourth-order valence-corrected chi connectivity index (χ4v) is 4.84. The highest BCUT2D eigenvalue weighted by Gasteiger charge is 2.50. The summed E-state index contributed by atoms with van der Waals surface area (Å²) in [7, 11) is 0. The molecule has 0 bridgehead atoms. The van der Waals surface area contributed by atoms with E-state index < -0.39 is 0 Å². The minimum atomic E-state index is -0.327. The molecule has 4 heterocycles. The molecule has 7 heteroatoms. The number of likely N-dealkylation sites (tertiary alicyclic amines) is 1. The number of anilines is 1. The van der Waals surface area contributed by atoms with Crippen molar-refractivity contribution in [3.05, 3.63) is 46.9 Å². The molecule has 0 aromatic carbocycles. The van der Waals surface area contributed by atoms with E-state index in [-0.39, 0.29) is 23.9 Å². The van der Waals surface area contributed by atoms with Crippen LogP contribution in [0.25, 0.3) is 0 Å². The van der Waals surface area contributed by atoms with Crippen molar-refractivity contribution in [2.75, 3.05) is 31.1 Å². The molecule has 0 saturated carbocycles. The number of thiophene rings is 1. The zero-order valence-electron chi connectivity index (χ0n) is 14.8. The molecule has 2 aromatic rings. The molecule has 2 aliphatic rings. The van der Waals surface area contributed by atoms with Gasteiger partial charge in [0.25, 0.3) is 0 Å². The number of hydrogen-bond acceptors (Lipinski definition) is 5. The summed E-state index contributed by atoms with van der Waals surface area (Å²) in [5.41, 5.74) is 0.476. The second kappa shape index (κ2) is 6.81. The molecule has 0 N–H and O–H groups in total. The van der Waals surface area contributed by atoms with Crippen molar-refractivity contribution in [1.82, 2.24) is 14.8 Å². The van der Waals surface area contributed by atoms with Gasteiger partial charge in [0.15, 0.2) is 0 Å². The zero-order valence-corrected chi connectivity index (χ0v) is 15.6. The van der Waals surface area contributed by atoms with E-state index in [1.165, 1.54) is 4.88 Å². The van der Waals surface area contributed by atoms with Crippen molar-refractivity contribution < 1.29 is 9.59 Å². The van der Waals surface area contributed by atoms with Crippen LogP contribution in [-0.2, 0) is 16.1 Å². The first-order valence-corrected chi connectivity index (χ1v) is 9.69. The Labute approximate surface area is 157 Å². The summed E-state index contributed by atoms with van der Waals surface area (Å²) < 4.78 is 0. The smallest absolute Gasteiger partial charge is 0.246 e. The summed E-state index contributed by atoms with van der Waals surface area (Å²) in [6, 6.07) is 7.95. The van der Waals surface area contributed by atoms with Crippen molar-refractivity contribution in [2.45, 2.75) is 25.4 Å². The zero-order chi connectivity index (χ0) is 18.1. The predicted octanol–water partition coefficient (Wildman–Crippen LogP) is 1.98. The maximum atomic E-state index is 12.7. The number of hydrogen-bond donors (Lipinski definition) is 0. The molecule has 6 nitrogen and oxygen atoms in total. The Morgan fingerprint density at radius 3 is 2.88 bits per heavy atom. The van der Waals surface area contributed by atoms with Crippen molar-refractivity contribution in [3.8, 4) is 0 Å². The minimum absolute atomic E-state index is 0.0258. The Bertz CT molecular complexity index is 795. The molecule has 0 aliphatic carbocycles. The number of rotatable bonds is 3. The summed E-state index contributed by atoms with van der Waals surface area (Å²) >= 11 is 1.75. The molecule has 2 fully saturated rings. The van der Waals surface area contributed by atoms with Crippen LogP contribution in [0.2, 0.25) is 0 Å². The lowest BCUT2D eigenvalue weighted by atomic mass is 9.92. The average Bonchev–Trinajstić information content (AvgIpc) is 3.28. The summed E-state index contributed by atoms with van der Waals surface area (Å²) in [5.74, 6) is -0.0716. The lowest BCUT2D eigenvalue weighted by molar-refractivity contribution is -0.142. The van der Waals surface area contributed by atoms with Crippen LogP contribution < -0.4 is 4.90 Å². The SMILES string of the molecule is CC(=O)N1CC(=O)N(c2cccnc2)CC12CCN(Cc1cccs1)C2. The number of nitrogens with zero attached hydrogens (tertiary/aromatic N) is 4. The van der Waals surface area contributed by atoms with E-state index >= 15 is 0 Å². The molecule has 26 heavy (non-hydrogen) atoms. The third-order valence-corrected chi connectivity index (χ3v) is 6.19. The highest BCUT2D eigenvalue weighted by atomic mass is 32.1. The van der Waals surface area contributed by atoms with Gasteiger partial charge in [-0.1, -0.05) is 6.07 Å². The van der Waals surface area contributed by atoms with Crippen LogP contribution in [0.15, 0.2) is 42.0 Å². The van der Waals surface area contributed by atoms with E-state index in [9.17, 15) is 9.59 Å². The lowest BCUT2D eigenvalue weighted by Gasteiger charge is -2.48. The van der Waals surface area contributed by atoms with Gasteiger partial charge in [0.1, 0.15) is 6.54 Å². The number of carbonyl (C=O) groups is 2. The Morgan fingerprint density at radius 1 is 1.31 bits per heavy atom. The highest BCUT2D eigenvalue weighted by molar-refractivity contribution is 7.09. The topological polar surface area (TPSA) is 56.8 Å². The molecule has 2 amide bonds. The molecule has 136 valence electrons. The van der Waals surface area contributed by atoms with Crippen LogP contribution in [0.5, 0.6) is 0 Å². The van der Waals surface area contributed by atoms with Crippen molar-refractivity contribution in [1.29, 1.82) is 0 Å². The molecular formula is C19H22N4O2S. The van der Waals surface area contributed by atoms with Crippen LogP contribution in [0.1, 0.15) is 18.2 Å². The van der Waals surface area contributed by atoms with Crippen molar-refractivity contribution in [2.24, 2.45) is 0 Å². The fourth-order valence-electron chi connectivity index (χ4n) is 4.10. The molecule has 4 rings (SSSR count). The quantitative estimate of drug-likeness (QED) is 0.829. The first-order valence-electron chi connectivity index (χ1n) is 8.81. The van der Waals surface area contributed by atoms with Crippen LogP contribution in [0, 0.1) is 0 Å². The predicted molar refractivity (Wildman–Crippen MR) is 101 cm³/mol. The Kier molecular flexibility index (Phi) is 4.50. The molecule has 2 saturated heterocycles. The van der Waals surface area contributed by atoms with Gasteiger partial charge in [-0.2, -0.15) is 0 Å². The first kappa shape index (κ1) is 17.2. The number of pyridine rings is 1. The van der Waals surface area contributed by atoms with Gasteiger partial charge in [0.05, 0.1) is 24.0 Å². The van der Waals surface area contributed by atoms with Crippen LogP contribution in [0.3, 0.4) is 0 Å². The van der Waals surface area contributed by atoms with Gasteiger partial charge in [-0.15, -0.1) is 11.3 Å². The Morgan fingerprint density at radius 2 is 2.19 bits per heavy atom. The van der Waals surface area contributed by atoms with Crippen LogP contribution in [-0.4, -0.2) is 58.3 Å². The van der Waals surface area contributed by atoms with Gasteiger partial charge >= 0.3 is 0 Å². The first-order chi connectivity index (χ1) is 12.6. The van der Waals surface area contributed by atoms with E-state index in [1.54, 1.807) is 40.5 Å². The third kappa shape index (κ3) is 3.12. The molecule has 1 atom stereocenters. The second-order valence-corrected chi connectivity index (χ2v) is 8.09. The van der Waals surface area contributed by atoms with Gasteiger partial charge in [0.2, 0.25) is 11.8 Å². The molecule has 2 aliphatic heterocycles. The lowest BCUT2D eigenvalue weighted by Crippen LogP contribution is -2.66. The summed E-state index contributed by atoms with van der Waals surface area (Å²) in [5, 5.41) is 2.09.